The Labute approximate surface area is 195 Å². The molecule has 0 fully saturated rings. The van der Waals surface area contributed by atoms with Gasteiger partial charge >= 0.3 is 0 Å². The van der Waals surface area contributed by atoms with Gasteiger partial charge in [-0.2, -0.15) is 0 Å². The Morgan fingerprint density at radius 1 is 1.03 bits per heavy atom. The summed E-state index contributed by atoms with van der Waals surface area (Å²) in [4.78, 5) is 7.17. The van der Waals surface area contributed by atoms with Gasteiger partial charge in [0, 0.05) is 17.5 Å². The standard InChI is InChI=1S/C27H46N4O/c1-8-9-15-29-24-19-22-21(12-10-11-16-31(7)26(2,3)4)17-20(13-14-27(5,6)32)18-23(22)30-25(24)28/h17-19,29,32H,8-16H2,1-7H3,(H2,28,30). The van der Waals surface area contributed by atoms with Crippen LogP contribution in [0, 0.1) is 0 Å². The van der Waals surface area contributed by atoms with E-state index in [1.807, 2.05) is 13.8 Å². The molecule has 180 valence electrons. The number of anilines is 2. The number of unbranched alkanes of at least 4 members (excludes halogenated alkanes) is 2. The van der Waals surface area contributed by atoms with E-state index in [1.165, 1.54) is 16.5 Å². The summed E-state index contributed by atoms with van der Waals surface area (Å²) >= 11 is 0. The monoisotopic (exact) mass is 442 g/mol. The first-order chi connectivity index (χ1) is 14.9. The maximum Gasteiger partial charge on any atom is 0.147 e. The molecule has 0 aliphatic rings. The fourth-order valence-electron chi connectivity index (χ4n) is 3.77. The Morgan fingerprint density at radius 2 is 1.75 bits per heavy atom. The topological polar surface area (TPSA) is 74.4 Å². The van der Waals surface area contributed by atoms with E-state index in [-0.39, 0.29) is 5.54 Å². The molecule has 1 aromatic carbocycles. The average molecular weight is 443 g/mol. The maximum atomic E-state index is 10.2. The van der Waals surface area contributed by atoms with E-state index < -0.39 is 5.60 Å². The fourth-order valence-corrected chi connectivity index (χ4v) is 3.77. The van der Waals surface area contributed by atoms with Crippen LogP contribution >= 0.6 is 0 Å². The van der Waals surface area contributed by atoms with Crippen molar-refractivity contribution in [2.45, 2.75) is 97.6 Å². The average Bonchev–Trinajstić information content (AvgIpc) is 2.68. The van der Waals surface area contributed by atoms with Crippen LogP contribution in [0.3, 0.4) is 0 Å². The number of aliphatic hydroxyl groups is 1. The van der Waals surface area contributed by atoms with Gasteiger partial charge in [-0.25, -0.2) is 4.98 Å². The zero-order valence-corrected chi connectivity index (χ0v) is 21.5. The molecule has 5 heteroatoms. The summed E-state index contributed by atoms with van der Waals surface area (Å²) in [5, 5.41) is 14.8. The van der Waals surface area contributed by atoms with Crippen LogP contribution in [0.4, 0.5) is 11.5 Å². The highest BCUT2D eigenvalue weighted by molar-refractivity contribution is 5.89. The molecule has 0 aliphatic heterocycles. The molecule has 4 N–H and O–H groups in total. The highest BCUT2D eigenvalue weighted by Gasteiger charge is 2.17. The van der Waals surface area contributed by atoms with Gasteiger partial charge in [-0.3, -0.25) is 0 Å². The van der Waals surface area contributed by atoms with Crippen molar-refractivity contribution in [2.24, 2.45) is 0 Å². The van der Waals surface area contributed by atoms with Gasteiger partial charge in [-0.1, -0.05) is 19.4 Å². The lowest BCUT2D eigenvalue weighted by molar-refractivity contribution is 0.0714. The summed E-state index contributed by atoms with van der Waals surface area (Å²) in [7, 11) is 2.20. The van der Waals surface area contributed by atoms with E-state index in [1.54, 1.807) is 0 Å². The number of aromatic nitrogens is 1. The molecule has 0 spiro atoms. The molecule has 1 heterocycles. The van der Waals surface area contributed by atoms with Crippen molar-refractivity contribution < 1.29 is 5.11 Å². The molecular formula is C27H46N4O. The van der Waals surface area contributed by atoms with Crippen molar-refractivity contribution in [2.75, 3.05) is 31.2 Å². The van der Waals surface area contributed by atoms with E-state index in [0.717, 1.165) is 69.2 Å². The normalized spacial score (nSPS) is 12.7. The number of pyridine rings is 1. The zero-order chi connectivity index (χ0) is 23.9. The smallest absolute Gasteiger partial charge is 0.147 e. The number of aryl methyl sites for hydroxylation is 2. The molecule has 0 saturated heterocycles. The Morgan fingerprint density at radius 3 is 2.38 bits per heavy atom. The Hall–Kier alpha value is -1.85. The third-order valence-corrected chi connectivity index (χ3v) is 6.32. The third kappa shape index (κ3) is 8.25. The van der Waals surface area contributed by atoms with Crippen LogP contribution in [0.2, 0.25) is 0 Å². The number of benzene rings is 1. The summed E-state index contributed by atoms with van der Waals surface area (Å²) in [6.45, 7) is 14.7. The van der Waals surface area contributed by atoms with Crippen molar-refractivity contribution in [3.8, 4) is 0 Å². The van der Waals surface area contributed by atoms with Crippen LogP contribution in [-0.2, 0) is 12.8 Å². The number of rotatable bonds is 12. The predicted octanol–water partition coefficient (Wildman–Crippen LogP) is 5.79. The molecule has 0 saturated carbocycles. The number of hydrogen-bond acceptors (Lipinski definition) is 5. The van der Waals surface area contributed by atoms with Gasteiger partial charge in [-0.05, 0) is 110 Å². The number of nitrogens with zero attached hydrogens (tertiary/aromatic N) is 2. The summed E-state index contributed by atoms with van der Waals surface area (Å²) in [6.07, 6.45) is 7.12. The molecule has 0 unspecified atom stereocenters. The van der Waals surface area contributed by atoms with E-state index >= 15 is 0 Å². The lowest BCUT2D eigenvalue weighted by Crippen LogP contribution is -2.38. The highest BCUT2D eigenvalue weighted by atomic mass is 16.3. The molecule has 0 aliphatic carbocycles. The van der Waals surface area contributed by atoms with Gasteiger partial charge in [0.25, 0.3) is 0 Å². The molecule has 1 aromatic heterocycles. The van der Waals surface area contributed by atoms with Gasteiger partial charge in [0.15, 0.2) is 0 Å². The SMILES string of the molecule is CCCCNc1cc2c(CCCCN(C)C(C)(C)C)cc(CCC(C)(C)O)cc2nc1N. The molecule has 0 amide bonds. The van der Waals surface area contributed by atoms with Crippen molar-refractivity contribution in [3.05, 3.63) is 29.3 Å². The first kappa shape index (κ1) is 26.4. The quantitative estimate of drug-likeness (QED) is 0.363. The molecular weight excluding hydrogens is 396 g/mol. The van der Waals surface area contributed by atoms with E-state index in [4.69, 9.17) is 10.7 Å². The Kier molecular flexibility index (Phi) is 9.35. The first-order valence-corrected chi connectivity index (χ1v) is 12.3. The van der Waals surface area contributed by atoms with Crippen molar-refractivity contribution >= 4 is 22.4 Å². The summed E-state index contributed by atoms with van der Waals surface area (Å²) < 4.78 is 0. The maximum absolute atomic E-state index is 10.2. The van der Waals surface area contributed by atoms with Crippen LogP contribution in [0.1, 0.15) is 84.8 Å². The second-order valence-electron chi connectivity index (χ2n) is 10.9. The summed E-state index contributed by atoms with van der Waals surface area (Å²) in [5.74, 6) is 0.561. The Bertz CT molecular complexity index is 865. The first-order valence-electron chi connectivity index (χ1n) is 12.3. The minimum atomic E-state index is -0.674. The van der Waals surface area contributed by atoms with E-state index in [0.29, 0.717) is 5.82 Å². The minimum absolute atomic E-state index is 0.199. The van der Waals surface area contributed by atoms with Gasteiger partial charge in [-0.15, -0.1) is 0 Å². The molecule has 2 aromatic rings. The number of hydrogen-bond donors (Lipinski definition) is 3. The molecule has 0 atom stereocenters. The molecule has 0 bridgehead atoms. The largest absolute Gasteiger partial charge is 0.390 e. The van der Waals surface area contributed by atoms with E-state index in [2.05, 4.69) is 63.2 Å². The van der Waals surface area contributed by atoms with Crippen LogP contribution < -0.4 is 11.1 Å². The zero-order valence-electron chi connectivity index (χ0n) is 21.5. The Balaban J connectivity index is 2.26. The second-order valence-corrected chi connectivity index (χ2v) is 10.9. The lowest BCUT2D eigenvalue weighted by atomic mass is 9.94. The minimum Gasteiger partial charge on any atom is -0.390 e. The van der Waals surface area contributed by atoms with Gasteiger partial charge in [0.2, 0.25) is 0 Å². The molecule has 0 radical (unpaired) electrons. The van der Waals surface area contributed by atoms with Crippen LogP contribution in [-0.4, -0.2) is 46.3 Å². The summed E-state index contributed by atoms with van der Waals surface area (Å²) in [5.41, 5.74) is 10.3. The number of nitrogen functional groups attached to an aromatic ring is 1. The van der Waals surface area contributed by atoms with Gasteiger partial charge in [0.1, 0.15) is 5.82 Å². The fraction of sp³-hybridized carbons (Fsp3) is 0.667. The van der Waals surface area contributed by atoms with Crippen molar-refractivity contribution in [1.29, 1.82) is 0 Å². The number of nitrogens with two attached hydrogens (primary N) is 1. The number of nitrogens with one attached hydrogen (secondary N) is 1. The number of fused-ring (bicyclic) bond motifs is 1. The van der Waals surface area contributed by atoms with Crippen molar-refractivity contribution in [3.63, 3.8) is 0 Å². The van der Waals surface area contributed by atoms with Crippen LogP contribution in [0.15, 0.2) is 18.2 Å². The van der Waals surface area contributed by atoms with Gasteiger partial charge in [0.05, 0.1) is 16.8 Å². The summed E-state index contributed by atoms with van der Waals surface area (Å²) in [6, 6.07) is 6.64. The second kappa shape index (κ2) is 11.3. The highest BCUT2D eigenvalue weighted by Crippen LogP contribution is 2.29. The van der Waals surface area contributed by atoms with Crippen LogP contribution in [0.25, 0.3) is 10.9 Å². The van der Waals surface area contributed by atoms with Crippen molar-refractivity contribution in [1.82, 2.24) is 9.88 Å². The molecule has 5 nitrogen and oxygen atoms in total. The van der Waals surface area contributed by atoms with Gasteiger partial charge < -0.3 is 21.1 Å². The molecule has 32 heavy (non-hydrogen) atoms. The lowest BCUT2D eigenvalue weighted by Gasteiger charge is -2.31. The third-order valence-electron chi connectivity index (χ3n) is 6.32. The predicted molar refractivity (Wildman–Crippen MR) is 139 cm³/mol. The molecule has 2 rings (SSSR count). The van der Waals surface area contributed by atoms with E-state index in [9.17, 15) is 5.11 Å². The van der Waals surface area contributed by atoms with Crippen LogP contribution in [0.5, 0.6) is 0 Å².